The average molecular weight is 258 g/mol. The van der Waals surface area contributed by atoms with Gasteiger partial charge in [0, 0.05) is 5.56 Å². The quantitative estimate of drug-likeness (QED) is 0.587. The molecule has 98 valence electrons. The zero-order chi connectivity index (χ0) is 13.9. The predicted octanol–water partition coefficient (Wildman–Crippen LogP) is -0.0683. The van der Waals surface area contributed by atoms with E-state index in [1.165, 1.54) is 6.07 Å². The zero-order valence-corrected chi connectivity index (χ0v) is 9.08. The third-order valence-electron chi connectivity index (χ3n) is 2.29. The molecule has 2 atom stereocenters. The molecular formula is C11H11FO6. The fraction of sp³-hybridized carbons (Fsp3) is 0.273. The van der Waals surface area contributed by atoms with E-state index >= 15 is 0 Å². The molecule has 2 unspecified atom stereocenters. The number of carbonyl (C=O) groups is 2. The van der Waals surface area contributed by atoms with Crippen LogP contribution in [0.5, 0.6) is 0 Å². The van der Waals surface area contributed by atoms with Gasteiger partial charge in [-0.05, 0) is 11.6 Å². The van der Waals surface area contributed by atoms with Crippen LogP contribution in [0.4, 0.5) is 4.39 Å². The topological polar surface area (TPSA) is 115 Å². The number of carboxylic acids is 2. The number of hydrogen-bond donors (Lipinski definition) is 4. The van der Waals surface area contributed by atoms with Gasteiger partial charge in [0.2, 0.25) is 0 Å². The van der Waals surface area contributed by atoms with Crippen molar-refractivity contribution < 1.29 is 34.4 Å². The maximum atomic E-state index is 13.5. The molecule has 0 saturated carbocycles. The summed E-state index contributed by atoms with van der Waals surface area (Å²) in [5, 5.41) is 35.5. The van der Waals surface area contributed by atoms with Crippen molar-refractivity contribution in [2.24, 2.45) is 0 Å². The predicted molar refractivity (Wildman–Crippen MR) is 56.3 cm³/mol. The summed E-state index contributed by atoms with van der Waals surface area (Å²) in [7, 11) is 0. The average Bonchev–Trinajstić information content (AvgIpc) is 2.26. The normalized spacial score (nSPS) is 13.9. The van der Waals surface area contributed by atoms with E-state index in [1.54, 1.807) is 0 Å². The Bertz CT molecular complexity index is 473. The first kappa shape index (κ1) is 14.1. The first-order valence-electron chi connectivity index (χ1n) is 4.92. The Balaban J connectivity index is 2.98. The summed E-state index contributed by atoms with van der Waals surface area (Å²) in [5.41, 5.74) is -0.236. The molecule has 1 aromatic carbocycles. The van der Waals surface area contributed by atoms with Gasteiger partial charge in [-0.1, -0.05) is 12.1 Å². The van der Waals surface area contributed by atoms with Crippen molar-refractivity contribution in [2.45, 2.75) is 18.6 Å². The number of aliphatic hydroxyl groups excluding tert-OH is 2. The second-order valence-corrected chi connectivity index (χ2v) is 3.65. The number of halogens is 1. The number of aliphatic carboxylic acids is 2. The third-order valence-corrected chi connectivity index (χ3v) is 2.29. The van der Waals surface area contributed by atoms with Crippen LogP contribution < -0.4 is 0 Å². The second-order valence-electron chi connectivity index (χ2n) is 3.65. The fourth-order valence-electron chi connectivity index (χ4n) is 1.40. The van der Waals surface area contributed by atoms with Crippen LogP contribution in [0.15, 0.2) is 18.2 Å². The van der Waals surface area contributed by atoms with Crippen molar-refractivity contribution in [3.05, 3.63) is 35.1 Å². The molecule has 0 aliphatic heterocycles. The highest BCUT2D eigenvalue weighted by atomic mass is 19.1. The van der Waals surface area contributed by atoms with Crippen LogP contribution in [0, 0.1) is 5.82 Å². The highest BCUT2D eigenvalue weighted by Crippen LogP contribution is 2.21. The first-order chi connectivity index (χ1) is 8.32. The molecular weight excluding hydrogens is 247 g/mol. The van der Waals surface area contributed by atoms with E-state index in [9.17, 15) is 19.1 Å². The van der Waals surface area contributed by atoms with Crippen molar-refractivity contribution in [1.82, 2.24) is 0 Å². The summed E-state index contributed by atoms with van der Waals surface area (Å²) < 4.78 is 13.5. The summed E-state index contributed by atoms with van der Waals surface area (Å²) in [5.74, 6) is -3.80. The van der Waals surface area contributed by atoms with Gasteiger partial charge in [0.25, 0.3) is 0 Å². The van der Waals surface area contributed by atoms with E-state index in [4.69, 9.17) is 15.3 Å². The van der Waals surface area contributed by atoms with E-state index in [1.807, 2.05) is 0 Å². The second kappa shape index (κ2) is 5.56. The molecule has 1 aromatic rings. The molecule has 0 radical (unpaired) electrons. The Morgan fingerprint density at radius 3 is 2.28 bits per heavy atom. The van der Waals surface area contributed by atoms with Crippen LogP contribution >= 0.6 is 0 Å². The van der Waals surface area contributed by atoms with Crippen LogP contribution in [-0.2, 0) is 16.0 Å². The molecule has 1 rings (SSSR count). The minimum atomic E-state index is -2.15. The molecule has 0 bridgehead atoms. The number of hydrogen-bond acceptors (Lipinski definition) is 4. The maximum Gasteiger partial charge on any atom is 0.335 e. The molecule has 0 heterocycles. The molecule has 0 aliphatic carbocycles. The third kappa shape index (κ3) is 3.25. The first-order valence-corrected chi connectivity index (χ1v) is 4.92. The van der Waals surface area contributed by atoms with E-state index in [-0.39, 0.29) is 5.56 Å². The molecule has 0 spiro atoms. The standard InChI is InChI=1S/C11H11FO6/c12-7-3-5(4-8(13)14)1-2-6(7)9(15)10(16)11(17)18/h1-3,9-10,15-16H,4H2,(H,13,14)(H,17,18). The molecule has 0 amide bonds. The summed E-state index contributed by atoms with van der Waals surface area (Å²) in [6.07, 6.45) is -4.46. The molecule has 0 aromatic heterocycles. The van der Waals surface area contributed by atoms with Gasteiger partial charge in [0.1, 0.15) is 11.9 Å². The lowest BCUT2D eigenvalue weighted by atomic mass is 10.0. The molecule has 6 nitrogen and oxygen atoms in total. The molecule has 0 fully saturated rings. The molecule has 0 saturated heterocycles. The van der Waals surface area contributed by atoms with Gasteiger partial charge < -0.3 is 20.4 Å². The van der Waals surface area contributed by atoms with Crippen molar-refractivity contribution in [1.29, 1.82) is 0 Å². The lowest BCUT2D eigenvalue weighted by Crippen LogP contribution is -2.28. The van der Waals surface area contributed by atoms with Crippen molar-refractivity contribution >= 4 is 11.9 Å². The van der Waals surface area contributed by atoms with E-state index < -0.39 is 41.9 Å². The zero-order valence-electron chi connectivity index (χ0n) is 9.08. The van der Waals surface area contributed by atoms with Crippen LogP contribution in [0.2, 0.25) is 0 Å². The summed E-state index contributed by atoms with van der Waals surface area (Å²) >= 11 is 0. The van der Waals surface area contributed by atoms with E-state index in [0.717, 1.165) is 12.1 Å². The Kier molecular flexibility index (Phi) is 4.35. The van der Waals surface area contributed by atoms with Gasteiger partial charge in [-0.3, -0.25) is 4.79 Å². The Hall–Kier alpha value is -1.99. The van der Waals surface area contributed by atoms with Gasteiger partial charge in [-0.2, -0.15) is 0 Å². The van der Waals surface area contributed by atoms with Gasteiger partial charge in [0.15, 0.2) is 6.10 Å². The highest BCUT2D eigenvalue weighted by Gasteiger charge is 2.27. The number of aliphatic hydroxyl groups is 2. The Labute approximate surface area is 101 Å². The van der Waals surface area contributed by atoms with Gasteiger partial charge in [0.05, 0.1) is 6.42 Å². The van der Waals surface area contributed by atoms with Gasteiger partial charge >= 0.3 is 11.9 Å². The van der Waals surface area contributed by atoms with Gasteiger partial charge in [-0.15, -0.1) is 0 Å². The van der Waals surface area contributed by atoms with Crippen molar-refractivity contribution in [3.8, 4) is 0 Å². The van der Waals surface area contributed by atoms with E-state index in [0.29, 0.717) is 0 Å². The van der Waals surface area contributed by atoms with Crippen molar-refractivity contribution in [2.75, 3.05) is 0 Å². The lowest BCUT2D eigenvalue weighted by molar-refractivity contribution is -0.153. The minimum Gasteiger partial charge on any atom is -0.481 e. The largest absolute Gasteiger partial charge is 0.481 e. The number of carboxylic acid groups (broad SMARTS) is 2. The summed E-state index contributed by atoms with van der Waals surface area (Å²) in [6.45, 7) is 0. The van der Waals surface area contributed by atoms with Crippen molar-refractivity contribution in [3.63, 3.8) is 0 Å². The molecule has 18 heavy (non-hydrogen) atoms. The van der Waals surface area contributed by atoms with Crippen LogP contribution in [-0.4, -0.2) is 38.5 Å². The van der Waals surface area contributed by atoms with Crippen LogP contribution in [0.25, 0.3) is 0 Å². The fourth-order valence-corrected chi connectivity index (χ4v) is 1.40. The molecule has 4 N–H and O–H groups in total. The molecule has 7 heteroatoms. The monoisotopic (exact) mass is 258 g/mol. The SMILES string of the molecule is O=C(O)Cc1ccc(C(O)C(O)C(=O)O)c(F)c1. The van der Waals surface area contributed by atoms with Crippen LogP contribution in [0.3, 0.4) is 0 Å². The van der Waals surface area contributed by atoms with E-state index in [2.05, 4.69) is 0 Å². The Morgan fingerprint density at radius 1 is 1.22 bits per heavy atom. The lowest BCUT2D eigenvalue weighted by Gasteiger charge is -2.15. The van der Waals surface area contributed by atoms with Gasteiger partial charge in [-0.25, -0.2) is 9.18 Å². The summed E-state index contributed by atoms with van der Waals surface area (Å²) in [6, 6.07) is 3.16. The highest BCUT2D eigenvalue weighted by molar-refractivity contribution is 5.73. The minimum absolute atomic E-state index is 0.167. The maximum absolute atomic E-state index is 13.5. The smallest absolute Gasteiger partial charge is 0.335 e. The van der Waals surface area contributed by atoms with Crippen LogP contribution in [0.1, 0.15) is 17.2 Å². The number of rotatable bonds is 5. The Morgan fingerprint density at radius 2 is 1.83 bits per heavy atom. The number of benzene rings is 1. The summed E-state index contributed by atoms with van der Waals surface area (Å²) in [4.78, 5) is 20.8. The molecule has 0 aliphatic rings.